The molecule has 2 heterocycles. The molecule has 6 nitrogen and oxygen atoms in total. The molecular weight excluding hydrogens is 226 g/mol. The molecule has 0 unspecified atom stereocenters. The molecule has 0 aromatic heterocycles. The summed E-state index contributed by atoms with van der Waals surface area (Å²) in [6.07, 6.45) is 1.78. The third kappa shape index (κ3) is 1.71. The highest BCUT2D eigenvalue weighted by molar-refractivity contribution is 5.88. The van der Waals surface area contributed by atoms with Crippen LogP contribution in [0.5, 0.6) is 0 Å². The Labute approximate surface area is 99.8 Å². The summed E-state index contributed by atoms with van der Waals surface area (Å²) in [4.78, 5) is 29.3. The van der Waals surface area contributed by atoms with Gasteiger partial charge in [-0.15, -0.1) is 0 Å². The second kappa shape index (κ2) is 4.27. The van der Waals surface area contributed by atoms with E-state index >= 15 is 0 Å². The fraction of sp³-hybridized carbons (Fsp3) is 0.818. The Morgan fingerprint density at radius 2 is 2.06 bits per heavy atom. The van der Waals surface area contributed by atoms with Crippen molar-refractivity contribution in [2.45, 2.75) is 31.4 Å². The zero-order valence-electron chi connectivity index (χ0n) is 10.3. The van der Waals surface area contributed by atoms with Crippen molar-refractivity contribution in [2.75, 3.05) is 20.8 Å². The molecule has 2 aliphatic rings. The molecular formula is C11H17NO5. The number of hydrogen-bond acceptors (Lipinski definition) is 6. The van der Waals surface area contributed by atoms with Crippen molar-refractivity contribution in [2.24, 2.45) is 5.92 Å². The van der Waals surface area contributed by atoms with Gasteiger partial charge in [-0.05, 0) is 19.8 Å². The summed E-state index contributed by atoms with van der Waals surface area (Å²) in [5.74, 6) is -1.59. The number of hydroxylamine groups is 2. The highest BCUT2D eigenvalue weighted by atomic mass is 16.7. The molecule has 3 atom stereocenters. The molecule has 2 aliphatic heterocycles. The molecule has 2 rings (SSSR count). The third-order valence-electron chi connectivity index (χ3n) is 3.58. The Hall–Kier alpha value is -1.14. The molecule has 96 valence electrons. The highest BCUT2D eigenvalue weighted by Gasteiger charge is 2.61. The number of carbonyl (C=O) groups is 2. The lowest BCUT2D eigenvalue weighted by Gasteiger charge is -2.25. The van der Waals surface area contributed by atoms with Crippen molar-refractivity contribution >= 4 is 11.9 Å². The van der Waals surface area contributed by atoms with Crippen LogP contribution in [0.2, 0.25) is 0 Å². The van der Waals surface area contributed by atoms with E-state index in [9.17, 15) is 9.59 Å². The molecule has 2 saturated heterocycles. The highest BCUT2D eigenvalue weighted by Crippen LogP contribution is 2.43. The van der Waals surface area contributed by atoms with Crippen LogP contribution in [0.1, 0.15) is 19.8 Å². The summed E-state index contributed by atoms with van der Waals surface area (Å²) in [6, 6.07) is -0.0912. The van der Waals surface area contributed by atoms with Gasteiger partial charge in [0.15, 0.2) is 5.60 Å². The standard InChI is InChI=1S/C11H17NO5/c1-11(10(14)16-3)8(9(13)15-2)7-5-4-6-12(7)17-11/h7-8H,4-6H2,1-3H3/t7-,8-,11-/m1/s1. The SMILES string of the molecule is COC(=O)[C@H]1[C@H]2CCCN2O[C@@]1(C)C(=O)OC. The van der Waals surface area contributed by atoms with E-state index in [0.29, 0.717) is 0 Å². The van der Waals surface area contributed by atoms with Gasteiger partial charge in [0.05, 0.1) is 20.3 Å². The first-order valence-electron chi connectivity index (χ1n) is 5.66. The van der Waals surface area contributed by atoms with Crippen LogP contribution in [-0.4, -0.2) is 49.4 Å². The molecule has 6 heteroatoms. The Morgan fingerprint density at radius 1 is 1.35 bits per heavy atom. The second-order valence-corrected chi connectivity index (χ2v) is 4.54. The number of ether oxygens (including phenoxy) is 2. The van der Waals surface area contributed by atoms with Crippen LogP contribution >= 0.6 is 0 Å². The number of esters is 2. The van der Waals surface area contributed by atoms with E-state index < -0.39 is 23.5 Å². The molecule has 0 saturated carbocycles. The second-order valence-electron chi connectivity index (χ2n) is 4.54. The number of methoxy groups -OCH3 is 2. The molecule has 0 aliphatic carbocycles. The fourth-order valence-corrected chi connectivity index (χ4v) is 2.76. The van der Waals surface area contributed by atoms with Gasteiger partial charge in [0.2, 0.25) is 0 Å². The van der Waals surface area contributed by atoms with E-state index in [1.54, 1.807) is 12.0 Å². The number of hydrogen-bond donors (Lipinski definition) is 0. The van der Waals surface area contributed by atoms with Crippen LogP contribution in [0.3, 0.4) is 0 Å². The average Bonchev–Trinajstić information content (AvgIpc) is 2.85. The minimum absolute atomic E-state index is 0.0912. The maximum absolute atomic E-state index is 11.9. The van der Waals surface area contributed by atoms with E-state index in [-0.39, 0.29) is 6.04 Å². The topological polar surface area (TPSA) is 65.1 Å². The van der Waals surface area contributed by atoms with Crippen molar-refractivity contribution in [1.82, 2.24) is 5.06 Å². The summed E-state index contributed by atoms with van der Waals surface area (Å²) in [5, 5.41) is 1.71. The van der Waals surface area contributed by atoms with Crippen LogP contribution in [-0.2, 0) is 23.9 Å². The smallest absolute Gasteiger partial charge is 0.340 e. The summed E-state index contributed by atoms with van der Waals surface area (Å²) < 4.78 is 9.51. The summed E-state index contributed by atoms with van der Waals surface area (Å²) in [6.45, 7) is 2.31. The van der Waals surface area contributed by atoms with E-state index in [1.807, 2.05) is 0 Å². The van der Waals surface area contributed by atoms with Crippen LogP contribution in [0.15, 0.2) is 0 Å². The van der Waals surface area contributed by atoms with E-state index in [4.69, 9.17) is 14.3 Å². The van der Waals surface area contributed by atoms with Gasteiger partial charge in [-0.1, -0.05) is 0 Å². The maximum Gasteiger partial charge on any atom is 0.340 e. The van der Waals surface area contributed by atoms with Crippen LogP contribution < -0.4 is 0 Å². The summed E-state index contributed by atoms with van der Waals surface area (Å²) in [7, 11) is 2.60. The van der Waals surface area contributed by atoms with Gasteiger partial charge < -0.3 is 9.47 Å². The largest absolute Gasteiger partial charge is 0.469 e. The molecule has 0 bridgehead atoms. The summed E-state index contributed by atoms with van der Waals surface area (Å²) in [5.41, 5.74) is -1.27. The van der Waals surface area contributed by atoms with Crippen molar-refractivity contribution in [1.29, 1.82) is 0 Å². The van der Waals surface area contributed by atoms with Gasteiger partial charge >= 0.3 is 11.9 Å². The fourth-order valence-electron chi connectivity index (χ4n) is 2.76. The van der Waals surface area contributed by atoms with Gasteiger partial charge in [0.25, 0.3) is 0 Å². The minimum atomic E-state index is -1.27. The number of nitrogens with zero attached hydrogens (tertiary/aromatic N) is 1. The number of fused-ring (bicyclic) bond motifs is 1. The normalized spacial score (nSPS) is 36.6. The lowest BCUT2D eigenvalue weighted by molar-refractivity contribution is -0.212. The van der Waals surface area contributed by atoms with Crippen LogP contribution in [0.4, 0.5) is 0 Å². The van der Waals surface area contributed by atoms with Crippen molar-refractivity contribution in [3.8, 4) is 0 Å². The first kappa shape index (κ1) is 12.3. The molecule has 0 radical (unpaired) electrons. The first-order chi connectivity index (χ1) is 8.04. The zero-order chi connectivity index (χ0) is 12.6. The van der Waals surface area contributed by atoms with Gasteiger partial charge in [-0.3, -0.25) is 9.63 Å². The molecule has 17 heavy (non-hydrogen) atoms. The first-order valence-corrected chi connectivity index (χ1v) is 5.66. The van der Waals surface area contributed by atoms with Crippen LogP contribution in [0.25, 0.3) is 0 Å². The molecule has 0 spiro atoms. The van der Waals surface area contributed by atoms with Crippen LogP contribution in [0, 0.1) is 5.92 Å². The van der Waals surface area contributed by atoms with E-state index in [2.05, 4.69) is 0 Å². The Balaban J connectivity index is 2.32. The van der Waals surface area contributed by atoms with E-state index in [0.717, 1.165) is 19.4 Å². The predicted octanol–water partition coefficient (Wildman–Crippen LogP) is 0.117. The Morgan fingerprint density at radius 3 is 2.65 bits per heavy atom. The lowest BCUT2D eigenvalue weighted by atomic mass is 9.83. The molecule has 2 fully saturated rings. The van der Waals surface area contributed by atoms with Gasteiger partial charge in [-0.25, -0.2) is 4.79 Å². The molecule has 0 amide bonds. The Kier molecular flexibility index (Phi) is 3.09. The van der Waals surface area contributed by atoms with Crippen molar-refractivity contribution in [3.63, 3.8) is 0 Å². The zero-order valence-corrected chi connectivity index (χ0v) is 10.3. The van der Waals surface area contributed by atoms with E-state index in [1.165, 1.54) is 14.2 Å². The molecule has 0 N–H and O–H groups in total. The Bertz CT molecular complexity index is 345. The number of rotatable bonds is 2. The molecule has 0 aromatic carbocycles. The average molecular weight is 243 g/mol. The lowest BCUT2D eigenvalue weighted by Crippen LogP contribution is -2.48. The monoisotopic (exact) mass is 243 g/mol. The minimum Gasteiger partial charge on any atom is -0.469 e. The van der Waals surface area contributed by atoms with Gasteiger partial charge in [0.1, 0.15) is 5.92 Å². The third-order valence-corrected chi connectivity index (χ3v) is 3.58. The van der Waals surface area contributed by atoms with Crippen molar-refractivity contribution < 1.29 is 23.9 Å². The quantitative estimate of drug-likeness (QED) is 0.642. The molecule has 0 aromatic rings. The maximum atomic E-state index is 11.9. The predicted molar refractivity (Wildman–Crippen MR) is 56.7 cm³/mol. The van der Waals surface area contributed by atoms with Crippen molar-refractivity contribution in [3.05, 3.63) is 0 Å². The summed E-state index contributed by atoms with van der Waals surface area (Å²) >= 11 is 0. The van der Waals surface area contributed by atoms with Gasteiger partial charge in [0, 0.05) is 6.54 Å². The van der Waals surface area contributed by atoms with Gasteiger partial charge in [-0.2, -0.15) is 5.06 Å². The number of carbonyl (C=O) groups excluding carboxylic acids is 2.